The average molecular weight is 169 g/mol. The molecule has 0 nitrogen and oxygen atoms in total. The number of halogens is 1. The maximum absolute atomic E-state index is 5.17. The van der Waals surface area contributed by atoms with Gasteiger partial charge in [-0.25, -0.2) is 0 Å². The van der Waals surface area contributed by atoms with Gasteiger partial charge in [0.1, 0.15) is 0 Å². The van der Waals surface area contributed by atoms with Gasteiger partial charge in [-0.05, 0) is 0 Å². The molecule has 0 fully saturated rings. The fourth-order valence-corrected chi connectivity index (χ4v) is 0.427. The molecule has 0 radical (unpaired) electrons. The number of hydrogen-bond acceptors (Lipinski definition) is 0. The second kappa shape index (κ2) is 9.35. The summed E-state index contributed by atoms with van der Waals surface area (Å²) in [5.74, 6) is 0. The van der Waals surface area contributed by atoms with E-state index in [4.69, 9.17) is 10.2 Å². The maximum Gasteiger partial charge on any atom is -0.153 e. The van der Waals surface area contributed by atoms with Crippen molar-refractivity contribution in [3.63, 3.8) is 0 Å². The third-order valence-corrected chi connectivity index (χ3v) is 0.980. The summed E-state index contributed by atoms with van der Waals surface area (Å²) in [6, 6.07) is 0. The van der Waals surface area contributed by atoms with Crippen LogP contribution in [0.5, 0.6) is 0 Å². The fourth-order valence-electron chi connectivity index (χ4n) is 0.0345. The van der Waals surface area contributed by atoms with E-state index in [1.807, 2.05) is 0 Å². The summed E-state index contributed by atoms with van der Waals surface area (Å²) in [5.41, 5.74) is 0. The molecular formula is C3H8ClNiP. The van der Waals surface area contributed by atoms with Crippen LogP contribution in [0, 0.1) is 0 Å². The van der Waals surface area contributed by atoms with E-state index >= 15 is 0 Å². The van der Waals surface area contributed by atoms with Gasteiger partial charge in [0.2, 0.25) is 0 Å². The van der Waals surface area contributed by atoms with Crippen molar-refractivity contribution in [2.75, 3.05) is 0 Å². The van der Waals surface area contributed by atoms with Gasteiger partial charge >= 0.3 is 41.8 Å². The fraction of sp³-hybridized carbons (Fsp3) is 0.333. The molecule has 0 bridgehead atoms. The predicted octanol–water partition coefficient (Wildman–Crippen LogP) is 1.89. The second-order valence-corrected chi connectivity index (χ2v) is 1.87. The van der Waals surface area contributed by atoms with Gasteiger partial charge in [-0.15, -0.1) is 0 Å². The first-order valence-corrected chi connectivity index (χ1v) is 3.22. The van der Waals surface area contributed by atoms with Gasteiger partial charge in [-0.1, -0.05) is 0 Å². The summed E-state index contributed by atoms with van der Waals surface area (Å²) in [7, 11) is 5.17. The summed E-state index contributed by atoms with van der Waals surface area (Å²) < 4.78 is 0. The molecule has 0 saturated heterocycles. The van der Waals surface area contributed by atoms with Gasteiger partial charge in [0.15, 0.2) is 0 Å². The Hall–Kier alpha value is 0.954. The molecule has 0 rings (SSSR count). The second-order valence-electron chi connectivity index (χ2n) is 0.502. The van der Waals surface area contributed by atoms with Crippen molar-refractivity contribution >= 4 is 20.1 Å². The molecule has 1 atom stereocenters. The summed E-state index contributed by atoms with van der Waals surface area (Å²) >= 11 is 1.12. The molecular weight excluding hydrogens is 161 g/mol. The van der Waals surface area contributed by atoms with E-state index in [9.17, 15) is 0 Å². The van der Waals surface area contributed by atoms with Crippen LogP contribution in [0.4, 0.5) is 0 Å². The Morgan fingerprint density at radius 1 is 1.83 bits per heavy atom. The number of allylic oxidation sites excluding steroid dienone is 1. The van der Waals surface area contributed by atoms with E-state index in [1.165, 1.54) is 0 Å². The molecule has 0 amide bonds. The van der Waals surface area contributed by atoms with Crippen LogP contribution in [0.25, 0.3) is 0 Å². The van der Waals surface area contributed by atoms with Crippen LogP contribution in [0.3, 0.4) is 0 Å². The van der Waals surface area contributed by atoms with Crippen molar-refractivity contribution < 1.29 is 13.5 Å². The minimum Gasteiger partial charge on any atom is -0.153 e. The monoisotopic (exact) mass is 168 g/mol. The Kier molecular flexibility index (Phi) is 15.6. The minimum absolute atomic E-state index is 0. The van der Waals surface area contributed by atoms with E-state index in [-0.39, 0.29) is 9.90 Å². The van der Waals surface area contributed by atoms with E-state index < -0.39 is 0 Å². The van der Waals surface area contributed by atoms with E-state index in [0.717, 1.165) is 18.9 Å². The van der Waals surface area contributed by atoms with Crippen molar-refractivity contribution in [2.24, 2.45) is 0 Å². The number of hydrogen-bond donors (Lipinski definition) is 0. The molecule has 0 heterocycles. The summed E-state index contributed by atoms with van der Waals surface area (Å²) in [4.78, 5) is 0. The molecule has 0 aliphatic carbocycles. The van der Waals surface area contributed by atoms with Crippen LogP contribution in [0.15, 0.2) is 12.7 Å². The topological polar surface area (TPSA) is 0 Å². The summed E-state index contributed by atoms with van der Waals surface area (Å²) in [6.07, 6.45) is 1.77. The molecule has 0 spiro atoms. The van der Waals surface area contributed by atoms with Gasteiger partial charge in [0.25, 0.3) is 0 Å². The maximum atomic E-state index is 5.17. The van der Waals surface area contributed by atoms with Crippen molar-refractivity contribution in [1.82, 2.24) is 0 Å². The quantitative estimate of drug-likeness (QED) is 0.336. The van der Waals surface area contributed by atoms with Crippen molar-refractivity contribution in [1.29, 1.82) is 0 Å². The van der Waals surface area contributed by atoms with Crippen molar-refractivity contribution in [3.8, 4) is 0 Å². The van der Waals surface area contributed by atoms with Crippen LogP contribution < -0.4 is 0 Å². The standard InChI is InChI=1S/C3H5.ClH.Ni.H3P/c1-3-2;;;/h3H,1-2H2;1H;;1H3/q;;+1;/p-1. The molecule has 0 aliphatic rings. The zero-order valence-electron chi connectivity index (χ0n) is 3.39. The Balaban J connectivity index is 0. The van der Waals surface area contributed by atoms with Crippen LogP contribution in [0.2, 0.25) is 5.39 Å². The van der Waals surface area contributed by atoms with Gasteiger partial charge in [-0.2, -0.15) is 9.90 Å². The minimum atomic E-state index is 0. The number of rotatable bonds is 2. The van der Waals surface area contributed by atoms with Crippen molar-refractivity contribution in [2.45, 2.75) is 5.39 Å². The smallest absolute Gasteiger partial charge is 0.153 e. The van der Waals surface area contributed by atoms with Crippen LogP contribution in [-0.4, -0.2) is 0 Å². The molecule has 1 unspecified atom stereocenters. The normalized spacial score (nSPS) is 6.83. The molecule has 0 N–H and O–H groups in total. The Morgan fingerprint density at radius 3 is 2.33 bits per heavy atom. The van der Waals surface area contributed by atoms with E-state index in [1.54, 1.807) is 6.08 Å². The molecule has 0 aliphatic heterocycles. The zero-order chi connectivity index (χ0) is 4.12. The molecule has 0 aromatic carbocycles. The van der Waals surface area contributed by atoms with E-state index in [0.29, 0.717) is 0 Å². The van der Waals surface area contributed by atoms with Gasteiger partial charge in [0, 0.05) is 0 Å². The largest absolute Gasteiger partial charge is 0.153 e. The van der Waals surface area contributed by atoms with Crippen LogP contribution in [0.1, 0.15) is 0 Å². The van der Waals surface area contributed by atoms with Crippen LogP contribution >= 0.6 is 20.1 Å². The van der Waals surface area contributed by atoms with Gasteiger partial charge in [0.05, 0.1) is 0 Å². The van der Waals surface area contributed by atoms with Gasteiger partial charge in [-0.3, -0.25) is 0 Å². The molecule has 0 saturated carbocycles. The van der Waals surface area contributed by atoms with Crippen LogP contribution in [-0.2, 0) is 13.5 Å². The third kappa shape index (κ3) is 8.88. The van der Waals surface area contributed by atoms with E-state index in [2.05, 4.69) is 6.58 Å². The predicted molar refractivity (Wildman–Crippen MR) is 32.0 cm³/mol. The first-order chi connectivity index (χ1) is 2.41. The third-order valence-electron chi connectivity index (χ3n) is 0.140. The molecule has 6 heavy (non-hydrogen) atoms. The summed E-state index contributed by atoms with van der Waals surface area (Å²) in [5, 5.41) is 0.856. The molecule has 3 heteroatoms. The first kappa shape index (κ1) is 10.0. The Morgan fingerprint density at radius 2 is 2.33 bits per heavy atom. The zero-order valence-corrected chi connectivity index (χ0v) is 6.55. The SMILES string of the molecule is C=C[CH2][Ni][Cl].P. The summed E-state index contributed by atoms with van der Waals surface area (Å²) in [6.45, 7) is 3.45. The molecule has 42 valence electrons. The average Bonchev–Trinajstić information content (AvgIpc) is 1.41. The molecule has 0 aromatic rings. The van der Waals surface area contributed by atoms with Gasteiger partial charge < -0.3 is 0 Å². The van der Waals surface area contributed by atoms with Crippen molar-refractivity contribution in [3.05, 3.63) is 12.7 Å². The first-order valence-electron chi connectivity index (χ1n) is 1.16. The Labute approximate surface area is 52.0 Å². The molecule has 0 aromatic heterocycles. The Bertz CT molecular complexity index is 32.0.